The van der Waals surface area contributed by atoms with Gasteiger partial charge in [0.2, 0.25) is 5.95 Å². The van der Waals surface area contributed by atoms with E-state index in [1.54, 1.807) is 28.9 Å². The molecule has 2 aromatic carbocycles. The second-order valence-corrected chi connectivity index (χ2v) is 7.70. The third-order valence-corrected chi connectivity index (χ3v) is 5.58. The Labute approximate surface area is 176 Å². The molecule has 0 bridgehead atoms. The Morgan fingerprint density at radius 1 is 1.17 bits per heavy atom. The molecule has 0 radical (unpaired) electrons. The number of benzene rings is 2. The van der Waals surface area contributed by atoms with Crippen LogP contribution in [0, 0.1) is 10.1 Å². The van der Waals surface area contributed by atoms with Crippen molar-refractivity contribution in [1.29, 1.82) is 0 Å². The fraction of sp³-hybridized carbons (Fsp3) is 0.190. The van der Waals surface area contributed by atoms with Gasteiger partial charge in [0.25, 0.3) is 5.69 Å². The summed E-state index contributed by atoms with van der Waals surface area (Å²) in [5.41, 5.74) is 2.73. The Morgan fingerprint density at radius 2 is 2.00 bits per heavy atom. The van der Waals surface area contributed by atoms with Crippen LogP contribution in [0.3, 0.4) is 0 Å². The van der Waals surface area contributed by atoms with Crippen LogP contribution >= 0.6 is 11.6 Å². The van der Waals surface area contributed by atoms with E-state index in [4.69, 9.17) is 11.6 Å². The maximum absolute atomic E-state index is 12.9. The first kappa shape index (κ1) is 18.5. The fourth-order valence-electron chi connectivity index (χ4n) is 4.02. The lowest BCUT2D eigenvalue weighted by Gasteiger charge is -2.32. The molecule has 9 heteroatoms. The van der Waals surface area contributed by atoms with E-state index in [1.165, 1.54) is 12.1 Å². The predicted molar refractivity (Wildman–Crippen MR) is 111 cm³/mol. The molecule has 30 heavy (non-hydrogen) atoms. The second kappa shape index (κ2) is 7.07. The number of non-ortho nitro benzene ring substituents is 1. The third kappa shape index (κ3) is 3.05. The van der Waals surface area contributed by atoms with Gasteiger partial charge in [-0.15, -0.1) is 5.10 Å². The van der Waals surface area contributed by atoms with Crippen molar-refractivity contribution >= 4 is 29.0 Å². The van der Waals surface area contributed by atoms with Gasteiger partial charge in [-0.25, -0.2) is 4.68 Å². The van der Waals surface area contributed by atoms with Crippen LogP contribution in [0.1, 0.15) is 30.9 Å². The molecule has 1 unspecified atom stereocenters. The smallest absolute Gasteiger partial charge is 0.269 e. The van der Waals surface area contributed by atoms with E-state index in [0.29, 0.717) is 40.8 Å². The molecule has 5 rings (SSSR count). The SMILES string of the molecule is O=C1CCCC2=C1C(c1cccc([N+](=O)[O-])c1)n1nc(-c3cccc(Cl)c3)nc1N2. The van der Waals surface area contributed by atoms with Gasteiger partial charge < -0.3 is 5.32 Å². The molecule has 1 N–H and O–H groups in total. The number of carbonyl (C=O) groups excluding carboxylic acids is 1. The monoisotopic (exact) mass is 421 g/mol. The number of aromatic nitrogens is 3. The van der Waals surface area contributed by atoms with E-state index >= 15 is 0 Å². The summed E-state index contributed by atoms with van der Waals surface area (Å²) in [6.45, 7) is 0. The van der Waals surface area contributed by atoms with Gasteiger partial charge in [-0.3, -0.25) is 14.9 Å². The van der Waals surface area contributed by atoms with Crippen LogP contribution in [0.2, 0.25) is 5.02 Å². The maximum atomic E-state index is 12.9. The minimum atomic E-state index is -0.579. The van der Waals surface area contributed by atoms with E-state index in [9.17, 15) is 14.9 Å². The van der Waals surface area contributed by atoms with Crippen molar-refractivity contribution in [1.82, 2.24) is 14.8 Å². The standard InChI is InChI=1S/C21H16ClN5O3/c22-14-6-1-5-13(10-14)20-24-21-23-16-8-3-9-17(28)18(16)19(26(21)25-20)12-4-2-7-15(11-12)27(29)30/h1-2,4-7,10-11,19H,3,8-9H2,(H,23,24,25). The van der Waals surface area contributed by atoms with Gasteiger partial charge in [-0.2, -0.15) is 4.98 Å². The minimum Gasteiger partial charge on any atom is -0.328 e. The number of hydrogen-bond acceptors (Lipinski definition) is 6. The Hall–Kier alpha value is -3.52. The highest BCUT2D eigenvalue weighted by Gasteiger charge is 2.37. The number of Topliss-reactive ketones (excluding diaryl/α,β-unsaturated/α-hetero) is 1. The summed E-state index contributed by atoms with van der Waals surface area (Å²) < 4.78 is 1.64. The average Bonchev–Trinajstić information content (AvgIpc) is 3.16. The zero-order valence-electron chi connectivity index (χ0n) is 15.7. The first-order chi connectivity index (χ1) is 14.5. The first-order valence-electron chi connectivity index (χ1n) is 9.51. The van der Waals surface area contributed by atoms with E-state index < -0.39 is 11.0 Å². The van der Waals surface area contributed by atoms with Gasteiger partial charge in [-0.05, 0) is 30.5 Å². The molecule has 0 saturated heterocycles. The summed E-state index contributed by atoms with van der Waals surface area (Å²) in [6.07, 6.45) is 1.91. The molecule has 8 nitrogen and oxygen atoms in total. The van der Waals surface area contributed by atoms with Crippen molar-refractivity contribution in [3.05, 3.63) is 80.5 Å². The third-order valence-electron chi connectivity index (χ3n) is 5.35. The summed E-state index contributed by atoms with van der Waals surface area (Å²) in [6, 6.07) is 13.0. The normalized spacial score (nSPS) is 17.9. The van der Waals surface area contributed by atoms with Crippen molar-refractivity contribution in [3.63, 3.8) is 0 Å². The Bertz CT molecular complexity index is 1230. The number of nitro benzene ring substituents is 1. The summed E-state index contributed by atoms with van der Waals surface area (Å²) >= 11 is 6.12. The van der Waals surface area contributed by atoms with Crippen LogP contribution in [0.5, 0.6) is 0 Å². The molecule has 0 fully saturated rings. The average molecular weight is 422 g/mol. The number of rotatable bonds is 3. The van der Waals surface area contributed by atoms with Crippen molar-refractivity contribution in [3.8, 4) is 11.4 Å². The number of ketones is 1. The molecule has 2 heterocycles. The van der Waals surface area contributed by atoms with Crippen molar-refractivity contribution in [2.24, 2.45) is 0 Å². The summed E-state index contributed by atoms with van der Waals surface area (Å²) in [7, 11) is 0. The van der Waals surface area contributed by atoms with Crippen molar-refractivity contribution < 1.29 is 9.72 Å². The quantitative estimate of drug-likeness (QED) is 0.492. The molecule has 1 atom stereocenters. The van der Waals surface area contributed by atoms with Gasteiger partial charge in [0.05, 0.1) is 4.92 Å². The molecule has 1 aromatic heterocycles. The molecular weight excluding hydrogens is 406 g/mol. The summed E-state index contributed by atoms with van der Waals surface area (Å²) in [5.74, 6) is 0.975. The fourth-order valence-corrected chi connectivity index (χ4v) is 4.21. The predicted octanol–water partition coefficient (Wildman–Crippen LogP) is 4.53. The number of anilines is 1. The second-order valence-electron chi connectivity index (χ2n) is 7.26. The molecule has 2 aliphatic rings. The highest BCUT2D eigenvalue weighted by molar-refractivity contribution is 6.30. The highest BCUT2D eigenvalue weighted by atomic mass is 35.5. The summed E-state index contributed by atoms with van der Waals surface area (Å²) in [4.78, 5) is 28.3. The first-order valence-corrected chi connectivity index (χ1v) is 9.89. The number of nitrogens with one attached hydrogen (secondary N) is 1. The van der Waals surface area contributed by atoms with Crippen LogP contribution in [-0.4, -0.2) is 25.5 Å². The van der Waals surface area contributed by atoms with Gasteiger partial charge in [0.15, 0.2) is 11.6 Å². The Morgan fingerprint density at radius 3 is 2.80 bits per heavy atom. The Balaban J connectivity index is 1.69. The molecule has 1 aliphatic carbocycles. The Kier molecular flexibility index (Phi) is 4.36. The largest absolute Gasteiger partial charge is 0.328 e. The summed E-state index contributed by atoms with van der Waals surface area (Å²) in [5, 5.41) is 19.8. The number of carbonyl (C=O) groups is 1. The molecule has 150 valence electrons. The topological polar surface area (TPSA) is 103 Å². The maximum Gasteiger partial charge on any atom is 0.269 e. The lowest BCUT2D eigenvalue weighted by atomic mass is 9.85. The number of nitro groups is 1. The lowest BCUT2D eigenvalue weighted by molar-refractivity contribution is -0.384. The number of allylic oxidation sites excluding steroid dienone is 2. The van der Waals surface area contributed by atoms with Gasteiger partial charge in [-0.1, -0.05) is 35.9 Å². The number of halogens is 1. The number of hydrogen-bond donors (Lipinski definition) is 1. The number of fused-ring (bicyclic) bond motifs is 1. The van der Waals surface area contributed by atoms with E-state index in [0.717, 1.165) is 17.7 Å². The molecule has 1 aliphatic heterocycles. The molecule has 3 aromatic rings. The van der Waals surface area contributed by atoms with Crippen LogP contribution in [-0.2, 0) is 4.79 Å². The van der Waals surface area contributed by atoms with E-state index in [2.05, 4.69) is 15.4 Å². The number of nitrogens with zero attached hydrogens (tertiary/aromatic N) is 4. The van der Waals surface area contributed by atoms with E-state index in [1.807, 2.05) is 12.1 Å². The van der Waals surface area contributed by atoms with Crippen LogP contribution < -0.4 is 5.32 Å². The van der Waals surface area contributed by atoms with Gasteiger partial charge in [0.1, 0.15) is 6.04 Å². The van der Waals surface area contributed by atoms with Crippen LogP contribution in [0.25, 0.3) is 11.4 Å². The zero-order chi connectivity index (χ0) is 20.8. The lowest BCUT2D eigenvalue weighted by Crippen LogP contribution is -2.31. The molecule has 0 saturated carbocycles. The van der Waals surface area contributed by atoms with Gasteiger partial charge >= 0.3 is 0 Å². The molecule has 0 spiro atoms. The molecular formula is C21H16ClN5O3. The highest BCUT2D eigenvalue weighted by Crippen LogP contribution is 2.41. The van der Waals surface area contributed by atoms with E-state index in [-0.39, 0.29) is 11.5 Å². The molecule has 0 amide bonds. The van der Waals surface area contributed by atoms with Crippen molar-refractivity contribution in [2.45, 2.75) is 25.3 Å². The van der Waals surface area contributed by atoms with Crippen molar-refractivity contribution in [2.75, 3.05) is 5.32 Å². The van der Waals surface area contributed by atoms with Crippen LogP contribution in [0.4, 0.5) is 11.6 Å². The zero-order valence-corrected chi connectivity index (χ0v) is 16.5. The minimum absolute atomic E-state index is 0.0192. The van der Waals surface area contributed by atoms with Crippen LogP contribution in [0.15, 0.2) is 59.8 Å². The van der Waals surface area contributed by atoms with Gasteiger partial charge in [0, 0.05) is 40.4 Å².